The van der Waals surface area contributed by atoms with E-state index in [2.05, 4.69) is 21.6 Å². The lowest BCUT2D eigenvalue weighted by atomic mass is 10.0. The van der Waals surface area contributed by atoms with Crippen LogP contribution in [0.5, 0.6) is 5.75 Å². The Labute approximate surface area is 171 Å². The summed E-state index contributed by atoms with van der Waals surface area (Å²) in [5, 5.41) is 7.07. The van der Waals surface area contributed by atoms with E-state index >= 15 is 0 Å². The van der Waals surface area contributed by atoms with Crippen LogP contribution in [0.4, 0.5) is 5.69 Å². The lowest BCUT2D eigenvalue weighted by molar-refractivity contribution is -0.118. The number of nitrogens with one attached hydrogen (secondary N) is 2. The zero-order valence-corrected chi connectivity index (χ0v) is 17.1. The molecule has 0 aliphatic carbocycles. The lowest BCUT2D eigenvalue weighted by Crippen LogP contribution is -2.48. The molecule has 2 aromatic carbocycles. The molecule has 1 saturated heterocycles. The Morgan fingerprint density at radius 2 is 2.11 bits per heavy atom. The zero-order valence-electron chi connectivity index (χ0n) is 15.5. The number of piperazine rings is 1. The number of methoxy groups -OCH3 is 1. The van der Waals surface area contributed by atoms with E-state index in [1.807, 2.05) is 37.3 Å². The van der Waals surface area contributed by atoms with E-state index in [1.165, 1.54) is 0 Å². The molecular formula is C20H25Cl2N3O2. The number of rotatable bonds is 5. The molecule has 1 aliphatic rings. The zero-order chi connectivity index (χ0) is 18.5. The maximum Gasteiger partial charge on any atom is 0.238 e. The Morgan fingerprint density at radius 3 is 2.85 bits per heavy atom. The van der Waals surface area contributed by atoms with Crippen LogP contribution in [-0.2, 0) is 4.79 Å². The van der Waals surface area contributed by atoms with Gasteiger partial charge in [-0.15, -0.1) is 12.4 Å². The molecule has 1 aliphatic heterocycles. The van der Waals surface area contributed by atoms with E-state index in [1.54, 1.807) is 13.2 Å². The van der Waals surface area contributed by atoms with Crippen molar-refractivity contribution < 1.29 is 9.53 Å². The van der Waals surface area contributed by atoms with E-state index in [4.69, 9.17) is 16.3 Å². The summed E-state index contributed by atoms with van der Waals surface area (Å²) in [6.45, 7) is 4.71. The van der Waals surface area contributed by atoms with Gasteiger partial charge < -0.3 is 15.4 Å². The Morgan fingerprint density at radius 1 is 1.33 bits per heavy atom. The first kappa shape index (κ1) is 21.5. The minimum atomic E-state index is -0.0304. The lowest BCUT2D eigenvalue weighted by Gasteiger charge is -2.36. The Kier molecular flexibility index (Phi) is 7.92. The van der Waals surface area contributed by atoms with Gasteiger partial charge in [-0.25, -0.2) is 0 Å². The number of carbonyl (C=O) groups excluding carboxylic acids is 1. The highest BCUT2D eigenvalue weighted by Crippen LogP contribution is 2.30. The highest BCUT2D eigenvalue weighted by atomic mass is 35.5. The molecule has 0 aromatic heterocycles. The summed E-state index contributed by atoms with van der Waals surface area (Å²) in [5.74, 6) is 0.817. The summed E-state index contributed by atoms with van der Waals surface area (Å²) in [6, 6.07) is 13.5. The summed E-state index contributed by atoms with van der Waals surface area (Å²) < 4.78 is 5.51. The first-order valence-corrected chi connectivity index (χ1v) is 9.10. The number of benzene rings is 2. The van der Waals surface area contributed by atoms with Gasteiger partial charge in [-0.3, -0.25) is 9.69 Å². The average Bonchev–Trinajstić information content (AvgIpc) is 2.64. The molecule has 7 heteroatoms. The van der Waals surface area contributed by atoms with Gasteiger partial charge in [0.05, 0.1) is 19.7 Å². The van der Waals surface area contributed by atoms with Crippen molar-refractivity contribution in [2.24, 2.45) is 0 Å². The molecule has 0 bridgehead atoms. The second-order valence-electron chi connectivity index (χ2n) is 6.44. The maximum atomic E-state index is 12.6. The van der Waals surface area contributed by atoms with Gasteiger partial charge in [-0.2, -0.15) is 0 Å². The molecule has 5 nitrogen and oxygen atoms in total. The van der Waals surface area contributed by atoms with Gasteiger partial charge >= 0.3 is 0 Å². The number of hydrogen-bond donors (Lipinski definition) is 2. The van der Waals surface area contributed by atoms with Gasteiger partial charge in [0.2, 0.25) is 5.91 Å². The second-order valence-corrected chi connectivity index (χ2v) is 6.88. The van der Waals surface area contributed by atoms with E-state index in [0.717, 1.165) is 42.2 Å². The van der Waals surface area contributed by atoms with Crippen molar-refractivity contribution in [2.45, 2.75) is 13.0 Å². The summed E-state index contributed by atoms with van der Waals surface area (Å²) in [6.07, 6.45) is 0. The van der Waals surface area contributed by atoms with Crippen LogP contribution in [0.15, 0.2) is 42.5 Å². The summed E-state index contributed by atoms with van der Waals surface area (Å²) >= 11 is 5.98. The molecule has 1 atom stereocenters. The standard InChI is InChI=1S/C20H24ClN3O2.ClH/c1-14-11-15(21)7-8-17(14)23-20(25)13-24-10-9-22-12-18(24)16-5-3-4-6-19(16)26-2;/h3-8,11,18,22H,9-10,12-13H2,1-2H3,(H,23,25);1H. The van der Waals surface area contributed by atoms with E-state index in [-0.39, 0.29) is 24.4 Å². The van der Waals surface area contributed by atoms with Crippen LogP contribution in [0.3, 0.4) is 0 Å². The molecule has 1 fully saturated rings. The first-order chi connectivity index (χ1) is 12.6. The van der Waals surface area contributed by atoms with Crippen LogP contribution in [-0.4, -0.2) is 44.1 Å². The quantitative estimate of drug-likeness (QED) is 0.790. The van der Waals surface area contributed by atoms with Crippen LogP contribution in [0.25, 0.3) is 0 Å². The highest BCUT2D eigenvalue weighted by Gasteiger charge is 2.27. The number of aryl methyl sites for hydroxylation is 1. The fourth-order valence-corrected chi connectivity index (χ4v) is 3.55. The molecular weight excluding hydrogens is 385 g/mol. The minimum Gasteiger partial charge on any atom is -0.496 e. The first-order valence-electron chi connectivity index (χ1n) is 8.72. The molecule has 1 heterocycles. The van der Waals surface area contributed by atoms with Crippen molar-refractivity contribution in [2.75, 3.05) is 38.6 Å². The Hall–Kier alpha value is -1.79. The number of halogens is 2. The largest absolute Gasteiger partial charge is 0.496 e. The molecule has 146 valence electrons. The molecule has 27 heavy (non-hydrogen) atoms. The summed E-state index contributed by atoms with van der Waals surface area (Å²) in [7, 11) is 1.68. The number of carbonyl (C=O) groups is 1. The topological polar surface area (TPSA) is 53.6 Å². The number of para-hydroxylation sites is 1. The SMILES string of the molecule is COc1ccccc1C1CNCCN1CC(=O)Nc1ccc(Cl)cc1C.Cl. The third-order valence-electron chi connectivity index (χ3n) is 4.66. The molecule has 1 amide bonds. The molecule has 1 unspecified atom stereocenters. The molecule has 0 radical (unpaired) electrons. The summed E-state index contributed by atoms with van der Waals surface area (Å²) in [5.41, 5.74) is 2.84. The van der Waals surface area contributed by atoms with Gasteiger partial charge in [0, 0.05) is 35.9 Å². The number of anilines is 1. The predicted molar refractivity (Wildman–Crippen MR) is 112 cm³/mol. The summed E-state index contributed by atoms with van der Waals surface area (Å²) in [4.78, 5) is 14.8. The van der Waals surface area contributed by atoms with Gasteiger partial charge in [-0.05, 0) is 36.8 Å². The third-order valence-corrected chi connectivity index (χ3v) is 4.90. The van der Waals surface area contributed by atoms with Gasteiger partial charge in [-0.1, -0.05) is 29.8 Å². The molecule has 3 rings (SSSR count). The molecule has 2 aromatic rings. The molecule has 0 spiro atoms. The normalized spacial score (nSPS) is 17.1. The fraction of sp³-hybridized carbons (Fsp3) is 0.350. The van der Waals surface area contributed by atoms with Crippen molar-refractivity contribution in [3.05, 3.63) is 58.6 Å². The fourth-order valence-electron chi connectivity index (χ4n) is 3.33. The third kappa shape index (κ3) is 5.36. The number of hydrogen-bond acceptors (Lipinski definition) is 4. The van der Waals surface area contributed by atoms with Crippen LogP contribution in [0.1, 0.15) is 17.2 Å². The van der Waals surface area contributed by atoms with E-state index < -0.39 is 0 Å². The van der Waals surface area contributed by atoms with Crippen LogP contribution >= 0.6 is 24.0 Å². The van der Waals surface area contributed by atoms with Gasteiger partial charge in [0.1, 0.15) is 5.75 Å². The van der Waals surface area contributed by atoms with Crippen molar-refractivity contribution in [3.63, 3.8) is 0 Å². The van der Waals surface area contributed by atoms with E-state index in [0.29, 0.717) is 11.6 Å². The monoisotopic (exact) mass is 409 g/mol. The van der Waals surface area contributed by atoms with Crippen molar-refractivity contribution in [3.8, 4) is 5.75 Å². The highest BCUT2D eigenvalue weighted by molar-refractivity contribution is 6.30. The Balaban J connectivity index is 0.00000261. The second kappa shape index (κ2) is 9.95. The Bertz CT molecular complexity index is 786. The number of ether oxygens (including phenoxy) is 1. The molecule has 0 saturated carbocycles. The number of amides is 1. The van der Waals surface area contributed by atoms with Gasteiger partial charge in [0.15, 0.2) is 0 Å². The average molecular weight is 410 g/mol. The van der Waals surface area contributed by atoms with Crippen LogP contribution in [0.2, 0.25) is 5.02 Å². The minimum absolute atomic E-state index is 0. The van der Waals surface area contributed by atoms with Crippen LogP contribution < -0.4 is 15.4 Å². The smallest absolute Gasteiger partial charge is 0.238 e. The van der Waals surface area contributed by atoms with E-state index in [9.17, 15) is 4.79 Å². The maximum absolute atomic E-state index is 12.6. The number of nitrogens with zero attached hydrogens (tertiary/aromatic N) is 1. The van der Waals surface area contributed by atoms with Crippen LogP contribution in [0, 0.1) is 6.92 Å². The van der Waals surface area contributed by atoms with Crippen molar-refractivity contribution >= 4 is 35.6 Å². The van der Waals surface area contributed by atoms with Gasteiger partial charge in [0.25, 0.3) is 0 Å². The van der Waals surface area contributed by atoms with Crippen molar-refractivity contribution in [1.82, 2.24) is 10.2 Å². The van der Waals surface area contributed by atoms with Crippen molar-refractivity contribution in [1.29, 1.82) is 0 Å². The molecule has 2 N–H and O–H groups in total. The predicted octanol–water partition coefficient (Wildman–Crippen LogP) is 3.66.